The fourth-order valence-electron chi connectivity index (χ4n) is 1.26. The normalized spacial score (nSPS) is 10.0. The number of rotatable bonds is 5. The molecule has 1 rings (SSSR count). The molecule has 1 heterocycles. The van der Waals surface area contributed by atoms with Gasteiger partial charge in [0, 0.05) is 25.7 Å². The number of pyridine rings is 1. The van der Waals surface area contributed by atoms with E-state index in [1.165, 1.54) is 12.3 Å². The fourth-order valence-corrected chi connectivity index (χ4v) is 1.26. The molecule has 1 aromatic heterocycles. The lowest BCUT2D eigenvalue weighted by Crippen LogP contribution is -2.29. The molecule has 6 heteroatoms. The van der Waals surface area contributed by atoms with Gasteiger partial charge in [-0.3, -0.25) is 10.1 Å². The molecule has 0 atom stereocenters. The van der Waals surface area contributed by atoms with Gasteiger partial charge < -0.3 is 10.6 Å². The summed E-state index contributed by atoms with van der Waals surface area (Å²) >= 11 is 0. The Morgan fingerprint density at radius 2 is 2.33 bits per heavy atom. The first kappa shape index (κ1) is 11.4. The first-order valence-corrected chi connectivity index (χ1v) is 4.74. The number of aromatic nitrogens is 1. The number of likely N-dealkylation sites (N-methyl/N-ethyl adjacent to an activating group) is 1. The zero-order valence-electron chi connectivity index (χ0n) is 8.59. The van der Waals surface area contributed by atoms with Gasteiger partial charge in [0.05, 0.1) is 4.92 Å². The van der Waals surface area contributed by atoms with E-state index in [9.17, 15) is 10.1 Å². The minimum Gasteiger partial charge on any atom is -0.356 e. The van der Waals surface area contributed by atoms with E-state index in [1.807, 2.05) is 11.8 Å². The molecule has 15 heavy (non-hydrogen) atoms. The highest BCUT2D eigenvalue weighted by atomic mass is 16.6. The molecule has 0 saturated heterocycles. The fraction of sp³-hybridized carbons (Fsp3) is 0.444. The van der Waals surface area contributed by atoms with Crippen molar-refractivity contribution in [2.45, 2.75) is 6.92 Å². The van der Waals surface area contributed by atoms with Gasteiger partial charge in [0.1, 0.15) is 12.0 Å². The van der Waals surface area contributed by atoms with Crippen LogP contribution in [0.15, 0.2) is 18.3 Å². The molecule has 0 spiro atoms. The Bertz CT molecular complexity index is 325. The quantitative estimate of drug-likeness (QED) is 0.573. The number of hydrogen-bond acceptors (Lipinski definition) is 5. The van der Waals surface area contributed by atoms with Crippen LogP contribution in [0.1, 0.15) is 6.92 Å². The summed E-state index contributed by atoms with van der Waals surface area (Å²) in [5, 5.41) is 10.4. The Morgan fingerprint density at radius 1 is 1.60 bits per heavy atom. The number of nitrogens with zero attached hydrogens (tertiary/aromatic N) is 3. The third kappa shape index (κ3) is 2.88. The van der Waals surface area contributed by atoms with E-state index in [0.717, 1.165) is 6.54 Å². The number of nitro groups is 1. The number of hydrogen-bond donors (Lipinski definition) is 1. The standard InChI is InChI=1S/C9H14N4O2/c1-2-12(6-5-10)9-4-3-8(7-11-9)13(14)15/h3-4,7H,2,5-6,10H2,1H3. The summed E-state index contributed by atoms with van der Waals surface area (Å²) in [6.07, 6.45) is 1.26. The summed E-state index contributed by atoms with van der Waals surface area (Å²) in [4.78, 5) is 15.9. The van der Waals surface area contributed by atoms with E-state index in [2.05, 4.69) is 4.98 Å². The van der Waals surface area contributed by atoms with Crippen LogP contribution in [-0.4, -0.2) is 29.5 Å². The molecule has 0 saturated carbocycles. The van der Waals surface area contributed by atoms with Crippen molar-refractivity contribution >= 4 is 11.5 Å². The van der Waals surface area contributed by atoms with Gasteiger partial charge in [0.25, 0.3) is 5.69 Å². The van der Waals surface area contributed by atoms with Crippen LogP contribution in [0.3, 0.4) is 0 Å². The van der Waals surface area contributed by atoms with Crippen molar-refractivity contribution in [3.8, 4) is 0 Å². The molecule has 0 aromatic carbocycles. The lowest BCUT2D eigenvalue weighted by Gasteiger charge is -2.20. The summed E-state index contributed by atoms with van der Waals surface area (Å²) < 4.78 is 0. The topological polar surface area (TPSA) is 85.3 Å². The summed E-state index contributed by atoms with van der Waals surface area (Å²) in [7, 11) is 0. The minimum atomic E-state index is -0.462. The first-order valence-electron chi connectivity index (χ1n) is 4.74. The minimum absolute atomic E-state index is 0.00236. The first-order chi connectivity index (χ1) is 7.19. The zero-order valence-corrected chi connectivity index (χ0v) is 8.59. The van der Waals surface area contributed by atoms with E-state index in [0.29, 0.717) is 18.9 Å². The van der Waals surface area contributed by atoms with Crippen LogP contribution >= 0.6 is 0 Å². The highest BCUT2D eigenvalue weighted by Gasteiger charge is 2.08. The smallest absolute Gasteiger partial charge is 0.287 e. The molecule has 0 bridgehead atoms. The molecule has 2 N–H and O–H groups in total. The summed E-state index contributed by atoms with van der Waals surface area (Å²) in [5.74, 6) is 0.716. The number of anilines is 1. The van der Waals surface area contributed by atoms with Crippen LogP contribution in [0.5, 0.6) is 0 Å². The predicted octanol–water partition coefficient (Wildman–Crippen LogP) is 0.775. The van der Waals surface area contributed by atoms with Crippen molar-refractivity contribution in [1.82, 2.24) is 4.98 Å². The molecule has 82 valence electrons. The Hall–Kier alpha value is -1.69. The predicted molar refractivity (Wildman–Crippen MR) is 57.8 cm³/mol. The van der Waals surface area contributed by atoms with E-state index in [4.69, 9.17) is 5.73 Å². The molecule has 1 aromatic rings. The molecule has 0 radical (unpaired) electrons. The van der Waals surface area contributed by atoms with Crippen molar-refractivity contribution in [1.29, 1.82) is 0 Å². The molecule has 6 nitrogen and oxygen atoms in total. The third-order valence-corrected chi connectivity index (χ3v) is 2.05. The zero-order chi connectivity index (χ0) is 11.3. The van der Waals surface area contributed by atoms with E-state index in [-0.39, 0.29) is 5.69 Å². The van der Waals surface area contributed by atoms with Gasteiger partial charge in [-0.15, -0.1) is 0 Å². The molecule has 0 aliphatic carbocycles. The molecule has 0 unspecified atom stereocenters. The van der Waals surface area contributed by atoms with E-state index >= 15 is 0 Å². The summed E-state index contributed by atoms with van der Waals surface area (Å²) in [6.45, 7) is 3.99. The molecule has 0 amide bonds. The van der Waals surface area contributed by atoms with Crippen LogP contribution in [0.2, 0.25) is 0 Å². The van der Waals surface area contributed by atoms with Crippen LogP contribution in [0.4, 0.5) is 11.5 Å². The maximum Gasteiger partial charge on any atom is 0.287 e. The van der Waals surface area contributed by atoms with Gasteiger partial charge in [-0.2, -0.15) is 0 Å². The second-order valence-corrected chi connectivity index (χ2v) is 3.00. The van der Waals surface area contributed by atoms with Gasteiger partial charge in [-0.05, 0) is 13.0 Å². The van der Waals surface area contributed by atoms with Crippen LogP contribution in [-0.2, 0) is 0 Å². The van der Waals surface area contributed by atoms with E-state index in [1.54, 1.807) is 6.07 Å². The SMILES string of the molecule is CCN(CCN)c1ccc([N+](=O)[O-])cn1. The summed E-state index contributed by atoms with van der Waals surface area (Å²) in [6, 6.07) is 3.08. The van der Waals surface area contributed by atoms with E-state index < -0.39 is 4.92 Å². The number of nitrogens with two attached hydrogens (primary N) is 1. The van der Waals surface area contributed by atoms with Gasteiger partial charge in [0.15, 0.2) is 0 Å². The largest absolute Gasteiger partial charge is 0.356 e. The molecular weight excluding hydrogens is 196 g/mol. The second-order valence-electron chi connectivity index (χ2n) is 3.00. The molecular formula is C9H14N4O2. The molecule has 0 aliphatic rings. The third-order valence-electron chi connectivity index (χ3n) is 2.05. The average Bonchev–Trinajstić information content (AvgIpc) is 2.26. The second kappa shape index (κ2) is 5.26. The lowest BCUT2D eigenvalue weighted by molar-refractivity contribution is -0.385. The van der Waals surface area contributed by atoms with Gasteiger partial charge in [-0.1, -0.05) is 0 Å². The Labute approximate surface area is 87.9 Å². The highest BCUT2D eigenvalue weighted by molar-refractivity contribution is 5.42. The van der Waals surface area contributed by atoms with Gasteiger partial charge >= 0.3 is 0 Å². The Balaban J connectivity index is 2.81. The van der Waals surface area contributed by atoms with Gasteiger partial charge in [-0.25, -0.2) is 4.98 Å². The average molecular weight is 210 g/mol. The van der Waals surface area contributed by atoms with Crippen LogP contribution in [0.25, 0.3) is 0 Å². The lowest BCUT2D eigenvalue weighted by atomic mass is 10.3. The van der Waals surface area contributed by atoms with Crippen molar-refractivity contribution in [2.75, 3.05) is 24.5 Å². The Kier molecular flexibility index (Phi) is 3.99. The van der Waals surface area contributed by atoms with Crippen LogP contribution < -0.4 is 10.6 Å². The van der Waals surface area contributed by atoms with Crippen LogP contribution in [0, 0.1) is 10.1 Å². The molecule has 0 aliphatic heterocycles. The van der Waals surface area contributed by atoms with Crippen molar-refractivity contribution in [3.05, 3.63) is 28.4 Å². The van der Waals surface area contributed by atoms with Crippen molar-refractivity contribution < 1.29 is 4.92 Å². The van der Waals surface area contributed by atoms with Crippen molar-refractivity contribution in [2.24, 2.45) is 5.73 Å². The Morgan fingerprint density at radius 3 is 2.73 bits per heavy atom. The summed E-state index contributed by atoms with van der Waals surface area (Å²) in [5.41, 5.74) is 5.45. The van der Waals surface area contributed by atoms with Gasteiger partial charge in [0.2, 0.25) is 0 Å². The monoisotopic (exact) mass is 210 g/mol. The van der Waals surface area contributed by atoms with Crippen molar-refractivity contribution in [3.63, 3.8) is 0 Å². The molecule has 0 fully saturated rings. The maximum absolute atomic E-state index is 10.4. The highest BCUT2D eigenvalue weighted by Crippen LogP contribution is 2.14. The maximum atomic E-state index is 10.4.